The summed E-state index contributed by atoms with van der Waals surface area (Å²) < 4.78 is 13.5. The van der Waals surface area contributed by atoms with E-state index in [2.05, 4.69) is 16.0 Å². The normalized spacial score (nSPS) is 17.6. The summed E-state index contributed by atoms with van der Waals surface area (Å²) in [4.78, 5) is 33.9. The maximum atomic E-state index is 13.5. The van der Waals surface area contributed by atoms with Gasteiger partial charge in [-0.15, -0.1) is 0 Å². The molecule has 1 saturated heterocycles. The minimum absolute atomic E-state index is 0.00872. The quantitative estimate of drug-likeness (QED) is 0.719. The van der Waals surface area contributed by atoms with Crippen LogP contribution in [0.4, 0.5) is 9.18 Å². The van der Waals surface area contributed by atoms with E-state index in [1.165, 1.54) is 12.1 Å². The third kappa shape index (κ3) is 3.05. The Morgan fingerprint density at radius 3 is 2.75 bits per heavy atom. The number of carbonyl (C=O) groups is 3. The lowest BCUT2D eigenvalue weighted by molar-refractivity contribution is -0.120. The second kappa shape index (κ2) is 5.87. The van der Waals surface area contributed by atoms with Crippen LogP contribution in [0.1, 0.15) is 16.8 Å². The number of nitrogens with one attached hydrogen (secondary N) is 3. The summed E-state index contributed by atoms with van der Waals surface area (Å²) in [5, 5.41) is 6.92. The molecule has 0 aromatic heterocycles. The first-order chi connectivity index (χ1) is 9.49. The first-order valence-electron chi connectivity index (χ1n) is 5.82. The minimum atomic E-state index is -0.720. The van der Waals surface area contributed by atoms with Crippen LogP contribution in [-0.2, 0) is 4.79 Å². The van der Waals surface area contributed by atoms with E-state index in [1.54, 1.807) is 0 Å². The average Bonchev–Trinajstić information content (AvgIpc) is 2.68. The fourth-order valence-corrected chi connectivity index (χ4v) is 2.04. The Labute approximate surface area is 118 Å². The number of urea groups is 1. The Morgan fingerprint density at radius 1 is 1.40 bits per heavy atom. The summed E-state index contributed by atoms with van der Waals surface area (Å²) in [6.07, 6.45) is 0.204. The fraction of sp³-hybridized carbons (Fsp3) is 0.250. The van der Waals surface area contributed by atoms with Crippen molar-refractivity contribution in [1.82, 2.24) is 16.0 Å². The van der Waals surface area contributed by atoms with Gasteiger partial charge in [-0.3, -0.25) is 14.9 Å². The summed E-state index contributed by atoms with van der Waals surface area (Å²) in [5.74, 6) is -1.84. The van der Waals surface area contributed by atoms with Crippen LogP contribution in [0.15, 0.2) is 18.2 Å². The molecule has 1 aromatic rings. The first kappa shape index (κ1) is 14.3. The zero-order chi connectivity index (χ0) is 14.7. The lowest BCUT2D eigenvalue weighted by Gasteiger charge is -2.09. The van der Waals surface area contributed by atoms with E-state index in [9.17, 15) is 18.8 Å². The van der Waals surface area contributed by atoms with Crippen molar-refractivity contribution in [3.05, 3.63) is 34.6 Å². The molecule has 1 unspecified atom stereocenters. The van der Waals surface area contributed by atoms with Gasteiger partial charge in [-0.25, -0.2) is 9.18 Å². The van der Waals surface area contributed by atoms with Crippen LogP contribution in [0.3, 0.4) is 0 Å². The van der Waals surface area contributed by atoms with Gasteiger partial charge in [-0.1, -0.05) is 17.7 Å². The molecule has 0 aliphatic carbocycles. The van der Waals surface area contributed by atoms with E-state index in [0.717, 1.165) is 6.07 Å². The lowest BCUT2D eigenvalue weighted by atomic mass is 10.1. The molecular weight excluding hydrogens is 289 g/mol. The molecule has 0 saturated carbocycles. The molecule has 1 aromatic carbocycles. The van der Waals surface area contributed by atoms with Gasteiger partial charge in [0.15, 0.2) is 0 Å². The highest BCUT2D eigenvalue weighted by atomic mass is 35.5. The second-order valence-corrected chi connectivity index (χ2v) is 4.56. The van der Waals surface area contributed by atoms with Crippen molar-refractivity contribution >= 4 is 29.4 Å². The molecule has 6 nitrogen and oxygen atoms in total. The van der Waals surface area contributed by atoms with Crippen molar-refractivity contribution in [3.8, 4) is 0 Å². The lowest BCUT2D eigenvalue weighted by Crippen LogP contribution is -2.35. The van der Waals surface area contributed by atoms with E-state index in [-0.39, 0.29) is 23.6 Å². The van der Waals surface area contributed by atoms with Crippen LogP contribution in [0, 0.1) is 5.82 Å². The summed E-state index contributed by atoms with van der Waals surface area (Å²) in [7, 11) is 0. The zero-order valence-corrected chi connectivity index (χ0v) is 11.0. The Bertz CT molecular complexity index is 559. The van der Waals surface area contributed by atoms with E-state index in [1.807, 2.05) is 0 Å². The summed E-state index contributed by atoms with van der Waals surface area (Å²) in [6.45, 7) is 0.0991. The van der Waals surface area contributed by atoms with Crippen LogP contribution in [0.5, 0.6) is 0 Å². The third-order valence-electron chi connectivity index (χ3n) is 2.77. The highest BCUT2D eigenvalue weighted by Crippen LogP contribution is 2.18. The van der Waals surface area contributed by atoms with Gasteiger partial charge >= 0.3 is 6.03 Å². The first-order valence-corrected chi connectivity index (χ1v) is 6.20. The molecule has 106 valence electrons. The van der Waals surface area contributed by atoms with Crippen molar-refractivity contribution < 1.29 is 18.8 Å². The van der Waals surface area contributed by atoms with Crippen LogP contribution < -0.4 is 16.0 Å². The molecule has 3 N–H and O–H groups in total. The van der Waals surface area contributed by atoms with Gasteiger partial charge in [0.05, 0.1) is 10.6 Å². The summed E-state index contributed by atoms with van der Waals surface area (Å²) in [5.41, 5.74) is -0.242. The Morgan fingerprint density at radius 2 is 2.15 bits per heavy atom. The summed E-state index contributed by atoms with van der Waals surface area (Å²) in [6, 6.07) is 2.67. The topological polar surface area (TPSA) is 87.3 Å². The molecule has 0 spiro atoms. The number of amides is 4. The number of imide groups is 1. The highest BCUT2D eigenvalue weighted by molar-refractivity contribution is 6.33. The Kier molecular flexibility index (Phi) is 4.19. The van der Waals surface area contributed by atoms with Gasteiger partial charge in [0, 0.05) is 6.54 Å². The maximum absolute atomic E-state index is 13.5. The largest absolute Gasteiger partial charge is 0.352 e. The van der Waals surface area contributed by atoms with Crippen molar-refractivity contribution in [2.75, 3.05) is 6.54 Å². The molecule has 2 rings (SSSR count). The molecule has 1 atom stereocenters. The number of hydrogen-bond donors (Lipinski definition) is 3. The number of hydrogen-bond acceptors (Lipinski definition) is 3. The van der Waals surface area contributed by atoms with Crippen LogP contribution in [0.25, 0.3) is 0 Å². The molecule has 1 heterocycles. The van der Waals surface area contributed by atoms with Gasteiger partial charge in [-0.05, 0) is 18.6 Å². The smallest absolute Gasteiger partial charge is 0.322 e. The van der Waals surface area contributed by atoms with Crippen molar-refractivity contribution in [2.24, 2.45) is 0 Å². The molecule has 0 radical (unpaired) electrons. The van der Waals surface area contributed by atoms with E-state index in [0.29, 0.717) is 0 Å². The van der Waals surface area contributed by atoms with Gasteiger partial charge in [0.1, 0.15) is 11.9 Å². The van der Waals surface area contributed by atoms with E-state index in [4.69, 9.17) is 11.6 Å². The zero-order valence-electron chi connectivity index (χ0n) is 10.2. The van der Waals surface area contributed by atoms with Crippen molar-refractivity contribution in [3.63, 3.8) is 0 Å². The van der Waals surface area contributed by atoms with Gasteiger partial charge < -0.3 is 10.6 Å². The number of rotatable bonds is 4. The van der Waals surface area contributed by atoms with Crippen LogP contribution >= 0.6 is 11.6 Å². The van der Waals surface area contributed by atoms with Gasteiger partial charge in [0.2, 0.25) is 0 Å². The Hall–Kier alpha value is -2.15. The standard InChI is InChI=1S/C12H11ClFN3O3/c13-6-2-1-3-7(14)9(6)11(19)15-5-4-8-10(18)17-12(20)16-8/h1-3,8H,4-5H2,(H,15,19)(H2,16,17,18,20). The monoisotopic (exact) mass is 299 g/mol. The van der Waals surface area contributed by atoms with E-state index < -0.39 is 29.7 Å². The van der Waals surface area contributed by atoms with Crippen molar-refractivity contribution in [1.29, 1.82) is 0 Å². The third-order valence-corrected chi connectivity index (χ3v) is 3.08. The van der Waals surface area contributed by atoms with Gasteiger partial charge in [-0.2, -0.15) is 0 Å². The molecule has 4 amide bonds. The van der Waals surface area contributed by atoms with Gasteiger partial charge in [0.25, 0.3) is 11.8 Å². The minimum Gasteiger partial charge on any atom is -0.352 e. The molecule has 20 heavy (non-hydrogen) atoms. The molecule has 0 bridgehead atoms. The predicted octanol–water partition coefficient (Wildman–Crippen LogP) is 0.807. The number of benzene rings is 1. The maximum Gasteiger partial charge on any atom is 0.322 e. The van der Waals surface area contributed by atoms with E-state index >= 15 is 0 Å². The second-order valence-electron chi connectivity index (χ2n) is 4.16. The SMILES string of the molecule is O=C1NC(=O)C(CCNC(=O)c2c(F)cccc2Cl)N1. The number of carbonyl (C=O) groups excluding carboxylic acids is 3. The fourth-order valence-electron chi connectivity index (χ4n) is 1.80. The predicted molar refractivity (Wildman–Crippen MR) is 68.8 cm³/mol. The molecule has 1 aliphatic rings. The van der Waals surface area contributed by atoms with Crippen LogP contribution in [0.2, 0.25) is 5.02 Å². The molecular formula is C12H11ClFN3O3. The highest BCUT2D eigenvalue weighted by Gasteiger charge is 2.29. The van der Waals surface area contributed by atoms with Crippen molar-refractivity contribution in [2.45, 2.75) is 12.5 Å². The van der Waals surface area contributed by atoms with Crippen LogP contribution in [-0.4, -0.2) is 30.4 Å². The average molecular weight is 300 g/mol. The number of halogens is 2. The molecule has 1 aliphatic heterocycles. The molecule has 1 fully saturated rings. The molecule has 8 heteroatoms. The summed E-state index contributed by atoms with van der Waals surface area (Å²) >= 11 is 5.75. The Balaban J connectivity index is 1.90.